The lowest BCUT2D eigenvalue weighted by Gasteiger charge is -2.20. The second kappa shape index (κ2) is 7.93. The second-order valence-corrected chi connectivity index (χ2v) is 6.16. The summed E-state index contributed by atoms with van der Waals surface area (Å²) in [5.41, 5.74) is 0.240. The minimum absolute atomic E-state index is 0.0205. The highest BCUT2D eigenvalue weighted by atomic mass is 19.1. The van der Waals surface area contributed by atoms with Crippen LogP contribution in [-0.2, 0) is 0 Å². The lowest BCUT2D eigenvalue weighted by molar-refractivity contribution is 0.0757. The number of hydrogen-bond acceptors (Lipinski definition) is 5. The number of halogens is 1. The molecule has 0 spiro atoms. The van der Waals surface area contributed by atoms with Crippen LogP contribution in [0, 0.1) is 17.1 Å². The van der Waals surface area contributed by atoms with Gasteiger partial charge in [0.25, 0.3) is 5.91 Å². The Morgan fingerprint density at radius 1 is 1.15 bits per heavy atom. The van der Waals surface area contributed by atoms with Crippen molar-refractivity contribution < 1.29 is 13.9 Å². The van der Waals surface area contributed by atoms with Crippen molar-refractivity contribution in [2.24, 2.45) is 0 Å². The van der Waals surface area contributed by atoms with E-state index in [2.05, 4.69) is 9.88 Å². The zero-order valence-corrected chi connectivity index (χ0v) is 14.5. The van der Waals surface area contributed by atoms with Gasteiger partial charge in [-0.1, -0.05) is 0 Å². The Labute approximate surface area is 151 Å². The van der Waals surface area contributed by atoms with Gasteiger partial charge in [-0.2, -0.15) is 5.26 Å². The Morgan fingerprint density at radius 2 is 1.92 bits per heavy atom. The van der Waals surface area contributed by atoms with Crippen molar-refractivity contribution in [1.29, 1.82) is 5.26 Å². The van der Waals surface area contributed by atoms with Gasteiger partial charge in [-0.3, -0.25) is 4.79 Å². The molecule has 0 bridgehead atoms. The summed E-state index contributed by atoms with van der Waals surface area (Å²) in [5.74, 6) is 0.0516. The van der Waals surface area contributed by atoms with Crippen LogP contribution in [0.5, 0.6) is 11.5 Å². The molecule has 134 valence electrons. The smallest absolute Gasteiger partial charge is 0.272 e. The Balaban J connectivity index is 1.78. The molecule has 0 radical (unpaired) electrons. The predicted molar refractivity (Wildman–Crippen MR) is 93.4 cm³/mol. The number of carbonyl (C=O) groups excluding carboxylic acids is 1. The van der Waals surface area contributed by atoms with Crippen LogP contribution in [0.15, 0.2) is 36.4 Å². The van der Waals surface area contributed by atoms with Gasteiger partial charge in [0.1, 0.15) is 23.3 Å². The van der Waals surface area contributed by atoms with Crippen LogP contribution in [0.2, 0.25) is 0 Å². The van der Waals surface area contributed by atoms with Gasteiger partial charge < -0.3 is 14.5 Å². The van der Waals surface area contributed by atoms with Gasteiger partial charge in [-0.05, 0) is 56.4 Å². The first-order valence-electron chi connectivity index (χ1n) is 8.39. The maximum atomic E-state index is 13.0. The molecular formula is C19H19FN4O2. The van der Waals surface area contributed by atoms with Gasteiger partial charge in [0.2, 0.25) is 0 Å². The molecule has 1 aliphatic rings. The number of hydrogen-bond donors (Lipinski definition) is 0. The molecule has 1 aliphatic heterocycles. The normalized spacial score (nSPS) is 15.2. The van der Waals surface area contributed by atoms with Gasteiger partial charge in [0.15, 0.2) is 11.4 Å². The lowest BCUT2D eigenvalue weighted by atomic mass is 10.2. The van der Waals surface area contributed by atoms with Crippen molar-refractivity contribution >= 4 is 5.91 Å². The van der Waals surface area contributed by atoms with E-state index in [1.54, 1.807) is 17.0 Å². The van der Waals surface area contributed by atoms with E-state index in [9.17, 15) is 14.4 Å². The fourth-order valence-corrected chi connectivity index (χ4v) is 2.77. The summed E-state index contributed by atoms with van der Waals surface area (Å²) < 4.78 is 18.6. The van der Waals surface area contributed by atoms with E-state index in [1.807, 2.05) is 13.1 Å². The van der Waals surface area contributed by atoms with Crippen LogP contribution in [-0.4, -0.2) is 53.9 Å². The first kappa shape index (κ1) is 17.8. The van der Waals surface area contributed by atoms with E-state index >= 15 is 0 Å². The number of benzene rings is 1. The Hall–Kier alpha value is -2.98. The summed E-state index contributed by atoms with van der Waals surface area (Å²) in [4.78, 5) is 20.8. The minimum atomic E-state index is -0.375. The average Bonchev–Trinajstić information content (AvgIpc) is 2.88. The van der Waals surface area contributed by atoms with Crippen molar-refractivity contribution in [3.8, 4) is 17.6 Å². The van der Waals surface area contributed by atoms with Gasteiger partial charge in [-0.15, -0.1) is 0 Å². The maximum absolute atomic E-state index is 13.0. The number of nitriles is 1. The first-order chi connectivity index (χ1) is 12.6. The molecular weight excluding hydrogens is 335 g/mol. The highest BCUT2D eigenvalue weighted by Gasteiger charge is 2.21. The van der Waals surface area contributed by atoms with Gasteiger partial charge >= 0.3 is 0 Å². The predicted octanol–water partition coefficient (Wildman–Crippen LogP) is 2.66. The molecule has 1 aromatic heterocycles. The summed E-state index contributed by atoms with van der Waals surface area (Å²) in [6, 6.07) is 10.5. The highest BCUT2D eigenvalue weighted by molar-refractivity contribution is 5.92. The van der Waals surface area contributed by atoms with Crippen LogP contribution in [0.4, 0.5) is 4.39 Å². The molecule has 0 atom stereocenters. The van der Waals surface area contributed by atoms with Crippen LogP contribution in [0.25, 0.3) is 0 Å². The van der Waals surface area contributed by atoms with E-state index in [-0.39, 0.29) is 28.9 Å². The highest BCUT2D eigenvalue weighted by Crippen LogP contribution is 2.24. The van der Waals surface area contributed by atoms with Gasteiger partial charge in [0, 0.05) is 19.6 Å². The number of nitrogens with zero attached hydrogens (tertiary/aromatic N) is 4. The zero-order valence-electron chi connectivity index (χ0n) is 14.5. The summed E-state index contributed by atoms with van der Waals surface area (Å²) in [6.07, 6.45) is 0.902. The molecule has 0 aliphatic carbocycles. The van der Waals surface area contributed by atoms with Gasteiger partial charge in [0.05, 0.1) is 0 Å². The molecule has 3 rings (SSSR count). The summed E-state index contributed by atoms with van der Waals surface area (Å²) in [7, 11) is 2.03. The van der Waals surface area contributed by atoms with Crippen molar-refractivity contribution in [2.75, 3.05) is 33.2 Å². The molecule has 2 heterocycles. The SMILES string of the molecule is CN1CCCN(C(=O)c2ccc(Oc3ccc(F)cc3)c(C#N)n2)CC1. The summed E-state index contributed by atoms with van der Waals surface area (Å²) in [5, 5.41) is 9.35. The number of carbonyl (C=O) groups is 1. The topological polar surface area (TPSA) is 69.5 Å². The number of pyridine rings is 1. The standard InChI is InChI=1S/C19H19FN4O2/c1-23-9-2-10-24(12-11-23)19(25)16-7-8-18(17(13-21)22-16)26-15-5-3-14(20)4-6-15/h3-8H,2,9-12H2,1H3. The third kappa shape index (κ3) is 4.16. The third-order valence-corrected chi connectivity index (χ3v) is 4.23. The second-order valence-electron chi connectivity index (χ2n) is 6.16. The fourth-order valence-electron chi connectivity index (χ4n) is 2.77. The van der Waals surface area contributed by atoms with E-state index in [0.717, 1.165) is 19.5 Å². The van der Waals surface area contributed by atoms with Crippen LogP contribution >= 0.6 is 0 Å². The Kier molecular flexibility index (Phi) is 5.44. The molecule has 0 unspecified atom stereocenters. The van der Waals surface area contributed by atoms with Crippen molar-refractivity contribution in [3.05, 3.63) is 53.6 Å². The molecule has 6 nitrogen and oxygen atoms in total. The maximum Gasteiger partial charge on any atom is 0.272 e. The Bertz CT molecular complexity index is 832. The molecule has 26 heavy (non-hydrogen) atoms. The lowest BCUT2D eigenvalue weighted by Crippen LogP contribution is -2.35. The van der Waals surface area contributed by atoms with Crippen molar-refractivity contribution in [3.63, 3.8) is 0 Å². The number of likely N-dealkylation sites (N-methyl/N-ethyl adjacent to an activating group) is 1. The number of amides is 1. The fraction of sp³-hybridized carbons (Fsp3) is 0.316. The van der Waals surface area contributed by atoms with Gasteiger partial charge in [-0.25, -0.2) is 9.37 Å². The summed E-state index contributed by atoms with van der Waals surface area (Å²) in [6.45, 7) is 3.06. The molecule has 1 fully saturated rings. The van der Waals surface area contributed by atoms with Crippen LogP contribution in [0.1, 0.15) is 22.6 Å². The minimum Gasteiger partial charge on any atom is -0.454 e. The number of aromatic nitrogens is 1. The quantitative estimate of drug-likeness (QED) is 0.848. The number of ether oxygens (including phenoxy) is 1. The van der Waals surface area contributed by atoms with E-state index in [1.165, 1.54) is 24.3 Å². The zero-order chi connectivity index (χ0) is 18.5. The molecule has 0 saturated carbocycles. The first-order valence-corrected chi connectivity index (χ1v) is 8.39. The third-order valence-electron chi connectivity index (χ3n) is 4.23. The Morgan fingerprint density at radius 3 is 2.65 bits per heavy atom. The average molecular weight is 354 g/mol. The number of rotatable bonds is 3. The molecule has 1 aromatic carbocycles. The molecule has 2 aromatic rings. The van der Waals surface area contributed by atoms with Crippen molar-refractivity contribution in [1.82, 2.24) is 14.8 Å². The molecule has 0 N–H and O–H groups in total. The molecule has 1 amide bonds. The van der Waals surface area contributed by atoms with E-state index < -0.39 is 0 Å². The van der Waals surface area contributed by atoms with Crippen LogP contribution in [0.3, 0.4) is 0 Å². The van der Waals surface area contributed by atoms with Crippen LogP contribution < -0.4 is 4.74 Å². The monoisotopic (exact) mass is 354 g/mol. The van der Waals surface area contributed by atoms with E-state index in [0.29, 0.717) is 18.8 Å². The largest absolute Gasteiger partial charge is 0.454 e. The molecule has 7 heteroatoms. The van der Waals surface area contributed by atoms with Crippen molar-refractivity contribution in [2.45, 2.75) is 6.42 Å². The van der Waals surface area contributed by atoms with E-state index in [4.69, 9.17) is 4.74 Å². The molecule has 1 saturated heterocycles. The summed E-state index contributed by atoms with van der Waals surface area (Å²) >= 11 is 0.